The van der Waals surface area contributed by atoms with E-state index in [2.05, 4.69) is 37.5 Å². The van der Waals surface area contributed by atoms with Crippen LogP contribution in [0.25, 0.3) is 0 Å². The Morgan fingerprint density at radius 2 is 1.48 bits per heavy atom. The summed E-state index contributed by atoms with van der Waals surface area (Å²) in [6.45, 7) is 9.59. The molecule has 0 aliphatic carbocycles. The highest BCUT2D eigenvalue weighted by molar-refractivity contribution is 7.89. The van der Waals surface area contributed by atoms with Crippen LogP contribution in [0.4, 0.5) is 5.69 Å². The van der Waals surface area contributed by atoms with Gasteiger partial charge in [-0.25, -0.2) is 13.6 Å². The van der Waals surface area contributed by atoms with E-state index < -0.39 is 10.0 Å². The van der Waals surface area contributed by atoms with E-state index >= 15 is 0 Å². The average molecular weight is 477 g/mol. The van der Waals surface area contributed by atoms with Crippen molar-refractivity contribution in [2.75, 3.05) is 25.0 Å². The molecule has 0 fully saturated rings. The van der Waals surface area contributed by atoms with Crippen LogP contribution in [0.5, 0.6) is 0 Å². The van der Waals surface area contributed by atoms with Crippen molar-refractivity contribution in [3.8, 4) is 0 Å². The summed E-state index contributed by atoms with van der Waals surface area (Å²) < 4.78 is 24.8. The molecule has 7 heteroatoms. The number of hydrogen-bond acceptors (Lipinski definition) is 5. The third kappa shape index (κ3) is 11.7. The van der Waals surface area contributed by atoms with Crippen molar-refractivity contribution >= 4 is 15.7 Å². The predicted octanol–water partition coefficient (Wildman–Crippen LogP) is 4.77. The molecule has 2 aromatic rings. The van der Waals surface area contributed by atoms with Gasteiger partial charge in [-0.3, -0.25) is 0 Å². The molecule has 0 aromatic heterocycles. The molecule has 6 nitrogen and oxygen atoms in total. The molecule has 0 saturated heterocycles. The number of anilines is 1. The van der Waals surface area contributed by atoms with E-state index in [1.54, 1.807) is 6.07 Å². The van der Waals surface area contributed by atoms with Gasteiger partial charge in [-0.15, -0.1) is 0 Å². The Balaban J connectivity index is 0.000000981. The number of benzene rings is 2. The van der Waals surface area contributed by atoms with Gasteiger partial charge in [0.1, 0.15) is 0 Å². The number of rotatable bonds is 14. The summed E-state index contributed by atoms with van der Waals surface area (Å²) in [5, 5.41) is 12.4. The molecule has 6 N–H and O–H groups in total. The van der Waals surface area contributed by atoms with Gasteiger partial charge in [0.2, 0.25) is 10.0 Å². The Morgan fingerprint density at radius 3 is 2.03 bits per heavy atom. The summed E-state index contributed by atoms with van der Waals surface area (Å²) in [6, 6.07) is 13.7. The second-order valence-corrected chi connectivity index (χ2v) is 9.81. The first-order valence-corrected chi connectivity index (χ1v) is 13.8. The molecule has 2 aromatic carbocycles. The third-order valence-corrected chi connectivity index (χ3v) is 6.22. The van der Waals surface area contributed by atoms with Crippen LogP contribution < -0.4 is 21.5 Å². The molecule has 2 rings (SSSR count). The SMILES string of the molecule is CCCCN.CCCCNCc1cc(NCCCC)c(Cc2ccccc2)c(S(N)(=O)=O)c1. The Bertz CT molecular complexity index is 885. The van der Waals surface area contributed by atoms with Gasteiger partial charge in [0.05, 0.1) is 4.90 Å². The second kappa shape index (κ2) is 16.6. The van der Waals surface area contributed by atoms with Crippen molar-refractivity contribution in [2.45, 2.75) is 77.2 Å². The maximum atomic E-state index is 12.4. The van der Waals surface area contributed by atoms with E-state index in [4.69, 9.17) is 10.9 Å². The lowest BCUT2D eigenvalue weighted by molar-refractivity contribution is 0.596. The molecular weight excluding hydrogens is 432 g/mol. The van der Waals surface area contributed by atoms with Gasteiger partial charge in [0, 0.05) is 25.2 Å². The second-order valence-electron chi connectivity index (χ2n) is 8.28. The van der Waals surface area contributed by atoms with Crippen LogP contribution in [0.1, 0.15) is 76.0 Å². The molecule has 186 valence electrons. The molecule has 33 heavy (non-hydrogen) atoms. The molecule has 0 spiro atoms. The fourth-order valence-corrected chi connectivity index (χ4v) is 4.18. The van der Waals surface area contributed by atoms with Crippen LogP contribution in [0.2, 0.25) is 0 Å². The number of nitrogens with one attached hydrogen (secondary N) is 2. The van der Waals surface area contributed by atoms with Gasteiger partial charge in [0.15, 0.2) is 0 Å². The smallest absolute Gasteiger partial charge is 0.238 e. The first-order chi connectivity index (χ1) is 15.9. The molecular formula is C26H44N4O2S. The summed E-state index contributed by atoms with van der Waals surface area (Å²) in [7, 11) is -3.83. The third-order valence-electron chi connectivity index (χ3n) is 5.24. The molecule has 0 saturated carbocycles. The largest absolute Gasteiger partial charge is 0.385 e. The molecule has 0 amide bonds. The van der Waals surface area contributed by atoms with Crippen LogP contribution in [0.3, 0.4) is 0 Å². The minimum absolute atomic E-state index is 0.213. The van der Waals surface area contributed by atoms with E-state index in [1.807, 2.05) is 30.3 Å². The van der Waals surface area contributed by atoms with Crippen LogP contribution in [0, 0.1) is 0 Å². The van der Waals surface area contributed by atoms with E-state index in [9.17, 15) is 8.42 Å². The number of nitrogens with two attached hydrogens (primary N) is 2. The minimum Gasteiger partial charge on any atom is -0.385 e. The van der Waals surface area contributed by atoms with E-state index in [0.29, 0.717) is 13.0 Å². The van der Waals surface area contributed by atoms with E-state index in [0.717, 1.165) is 67.7 Å². The molecule has 0 atom stereocenters. The Labute approximate surface area is 201 Å². The number of primary sulfonamides is 1. The molecule has 0 heterocycles. The lowest BCUT2D eigenvalue weighted by Crippen LogP contribution is -2.19. The predicted molar refractivity (Wildman–Crippen MR) is 141 cm³/mol. The van der Waals surface area contributed by atoms with Gasteiger partial charge in [-0.1, -0.05) is 70.4 Å². The highest BCUT2D eigenvalue weighted by Gasteiger charge is 2.19. The van der Waals surface area contributed by atoms with Gasteiger partial charge in [0.25, 0.3) is 0 Å². The molecule has 0 aliphatic heterocycles. The molecule has 0 bridgehead atoms. The average Bonchev–Trinajstić information content (AvgIpc) is 2.79. The van der Waals surface area contributed by atoms with E-state index in [-0.39, 0.29) is 4.90 Å². The first-order valence-electron chi connectivity index (χ1n) is 12.2. The monoisotopic (exact) mass is 476 g/mol. The first kappa shape index (κ1) is 29.1. The van der Waals surface area contributed by atoms with Crippen molar-refractivity contribution in [3.05, 3.63) is 59.2 Å². The lowest BCUT2D eigenvalue weighted by Gasteiger charge is -2.18. The highest BCUT2D eigenvalue weighted by Crippen LogP contribution is 2.28. The van der Waals surface area contributed by atoms with Gasteiger partial charge >= 0.3 is 0 Å². The Hall–Kier alpha value is -1.93. The summed E-state index contributed by atoms with van der Waals surface area (Å²) in [6.07, 6.45) is 7.21. The van der Waals surface area contributed by atoms with Crippen molar-refractivity contribution < 1.29 is 8.42 Å². The summed E-state index contributed by atoms with van der Waals surface area (Å²) in [5.74, 6) is 0. The van der Waals surface area contributed by atoms with Crippen molar-refractivity contribution in [3.63, 3.8) is 0 Å². The summed E-state index contributed by atoms with van der Waals surface area (Å²) in [5.41, 5.74) is 8.72. The zero-order chi connectivity index (χ0) is 24.5. The highest BCUT2D eigenvalue weighted by atomic mass is 32.2. The number of sulfonamides is 1. The topological polar surface area (TPSA) is 110 Å². The molecule has 0 aliphatic rings. The Morgan fingerprint density at radius 1 is 0.848 bits per heavy atom. The Kier molecular flexibility index (Phi) is 14.7. The zero-order valence-electron chi connectivity index (χ0n) is 20.7. The van der Waals surface area contributed by atoms with E-state index in [1.165, 1.54) is 12.8 Å². The quantitative estimate of drug-likeness (QED) is 0.294. The summed E-state index contributed by atoms with van der Waals surface area (Å²) >= 11 is 0. The molecule has 0 radical (unpaired) electrons. The maximum Gasteiger partial charge on any atom is 0.238 e. The van der Waals surface area contributed by atoms with Gasteiger partial charge < -0.3 is 16.4 Å². The van der Waals surface area contributed by atoms with Crippen molar-refractivity contribution in [1.29, 1.82) is 0 Å². The number of unbranched alkanes of at least 4 members (excludes halogenated alkanes) is 3. The lowest BCUT2D eigenvalue weighted by atomic mass is 10.0. The fourth-order valence-electron chi connectivity index (χ4n) is 3.34. The zero-order valence-corrected chi connectivity index (χ0v) is 21.5. The van der Waals surface area contributed by atoms with Crippen LogP contribution in [0.15, 0.2) is 47.4 Å². The number of hydrogen-bond donors (Lipinski definition) is 4. The minimum atomic E-state index is -3.83. The van der Waals surface area contributed by atoms with Crippen LogP contribution in [-0.4, -0.2) is 28.1 Å². The maximum absolute atomic E-state index is 12.4. The van der Waals surface area contributed by atoms with Crippen LogP contribution in [-0.2, 0) is 23.0 Å². The molecule has 0 unspecified atom stereocenters. The van der Waals surface area contributed by atoms with Crippen molar-refractivity contribution in [1.82, 2.24) is 5.32 Å². The van der Waals surface area contributed by atoms with Gasteiger partial charge in [-0.2, -0.15) is 0 Å². The standard InChI is InChI=1S/C22H33N3O2S.C4H11N/c1-3-5-12-24-17-19-15-21(25-13-6-4-2)20(22(16-19)28(23,26)27)14-18-10-8-7-9-11-18;1-2-3-4-5/h7-11,15-16,24-25H,3-6,12-14,17H2,1-2H3,(H2,23,26,27);2-5H2,1H3. The normalized spacial score (nSPS) is 11.1. The van der Waals surface area contributed by atoms with Gasteiger partial charge in [-0.05, 0) is 61.2 Å². The van der Waals surface area contributed by atoms with Crippen LogP contribution >= 0.6 is 0 Å². The van der Waals surface area contributed by atoms with Crippen molar-refractivity contribution in [2.24, 2.45) is 10.9 Å². The summed E-state index contributed by atoms with van der Waals surface area (Å²) in [4.78, 5) is 0.213. The fraction of sp³-hybridized carbons (Fsp3) is 0.538.